The maximum absolute atomic E-state index is 12.4. The van der Waals surface area contributed by atoms with Crippen LogP contribution in [0.15, 0.2) is 52.5 Å². The molecule has 2 atom stereocenters. The van der Waals surface area contributed by atoms with Gasteiger partial charge in [-0.25, -0.2) is 9.78 Å². The fourth-order valence-corrected chi connectivity index (χ4v) is 3.37. The number of benzene rings is 1. The molecule has 0 fully saturated rings. The summed E-state index contributed by atoms with van der Waals surface area (Å²) < 4.78 is 10.1. The zero-order valence-electron chi connectivity index (χ0n) is 17.4. The van der Waals surface area contributed by atoms with Gasteiger partial charge < -0.3 is 14.5 Å². The highest BCUT2D eigenvalue weighted by Gasteiger charge is 2.24. The highest BCUT2D eigenvalue weighted by atomic mass is 32.1. The van der Waals surface area contributed by atoms with Crippen molar-refractivity contribution in [2.75, 3.05) is 5.32 Å². The van der Waals surface area contributed by atoms with E-state index in [2.05, 4.69) is 22.5 Å². The first-order valence-corrected chi connectivity index (χ1v) is 10.7. The van der Waals surface area contributed by atoms with Gasteiger partial charge in [-0.15, -0.1) is 11.3 Å². The van der Waals surface area contributed by atoms with Gasteiger partial charge in [0.25, 0.3) is 11.8 Å². The summed E-state index contributed by atoms with van der Waals surface area (Å²) in [5.74, 6) is -1.72. The summed E-state index contributed by atoms with van der Waals surface area (Å²) in [5, 5.41) is 7.36. The molecular formula is C22H23N3O5S. The van der Waals surface area contributed by atoms with Crippen molar-refractivity contribution in [3.05, 3.63) is 59.4 Å². The summed E-state index contributed by atoms with van der Waals surface area (Å²) in [5.41, 5.74) is 2.94. The first-order chi connectivity index (χ1) is 14.9. The Labute approximate surface area is 183 Å². The van der Waals surface area contributed by atoms with Crippen LogP contribution in [0.5, 0.6) is 0 Å². The molecule has 0 saturated carbocycles. The number of rotatable bonds is 8. The molecule has 0 aliphatic rings. The van der Waals surface area contributed by atoms with Crippen molar-refractivity contribution < 1.29 is 23.5 Å². The number of hydrogen-bond donors (Lipinski definition) is 2. The molecule has 2 amide bonds. The van der Waals surface area contributed by atoms with Crippen molar-refractivity contribution in [3.63, 3.8) is 0 Å². The Hall–Kier alpha value is -3.46. The van der Waals surface area contributed by atoms with Crippen molar-refractivity contribution in [2.45, 2.75) is 39.3 Å². The van der Waals surface area contributed by atoms with Crippen LogP contribution in [0.3, 0.4) is 0 Å². The molecule has 0 saturated heterocycles. The number of ether oxygens (including phenoxy) is 1. The fraction of sp³-hybridized carbons (Fsp3) is 0.273. The number of nitrogens with zero attached hydrogens (tertiary/aromatic N) is 1. The van der Waals surface area contributed by atoms with E-state index < -0.39 is 29.9 Å². The minimum Gasteiger partial charge on any atom is -0.459 e. The van der Waals surface area contributed by atoms with E-state index >= 15 is 0 Å². The van der Waals surface area contributed by atoms with E-state index in [4.69, 9.17) is 9.15 Å². The van der Waals surface area contributed by atoms with Crippen LogP contribution in [0.4, 0.5) is 5.13 Å². The number of nitrogens with one attached hydrogen (secondary N) is 2. The number of thiazole rings is 1. The lowest BCUT2D eigenvalue weighted by molar-refractivity contribution is -0.154. The summed E-state index contributed by atoms with van der Waals surface area (Å²) in [6.45, 7) is 5.00. The molecule has 0 aliphatic heterocycles. The Morgan fingerprint density at radius 1 is 1.16 bits per heavy atom. The van der Waals surface area contributed by atoms with Crippen molar-refractivity contribution >= 4 is 34.3 Å². The number of carbonyl (C=O) groups is 3. The van der Waals surface area contributed by atoms with Gasteiger partial charge in [0.2, 0.25) is 0 Å². The molecule has 0 aliphatic carbocycles. The van der Waals surface area contributed by atoms with Crippen LogP contribution < -0.4 is 10.6 Å². The van der Waals surface area contributed by atoms with E-state index in [0.29, 0.717) is 5.13 Å². The van der Waals surface area contributed by atoms with Gasteiger partial charge in [0.05, 0.1) is 12.0 Å². The zero-order chi connectivity index (χ0) is 22.4. The van der Waals surface area contributed by atoms with Crippen LogP contribution in [0.1, 0.15) is 36.9 Å². The van der Waals surface area contributed by atoms with Crippen LogP contribution in [-0.4, -0.2) is 34.9 Å². The van der Waals surface area contributed by atoms with Crippen molar-refractivity contribution in [1.29, 1.82) is 0 Å². The van der Waals surface area contributed by atoms with E-state index in [-0.39, 0.29) is 5.76 Å². The third-order valence-electron chi connectivity index (χ3n) is 4.50. The topological polar surface area (TPSA) is 111 Å². The SMILES string of the molecule is CCc1ccc(-c2csc(NC(=O)[C@H](C)OC(=O)[C@H](C)NC(=O)c3ccco3)n2)cc1. The number of aromatic nitrogens is 1. The molecule has 0 unspecified atom stereocenters. The van der Waals surface area contributed by atoms with E-state index in [0.717, 1.165) is 17.7 Å². The third-order valence-corrected chi connectivity index (χ3v) is 5.26. The average Bonchev–Trinajstić information content (AvgIpc) is 3.46. The Balaban J connectivity index is 1.52. The largest absolute Gasteiger partial charge is 0.459 e. The number of hydrogen-bond acceptors (Lipinski definition) is 7. The minimum atomic E-state index is -1.06. The van der Waals surface area contributed by atoms with Crippen LogP contribution in [0, 0.1) is 0 Å². The molecule has 3 rings (SSSR count). The van der Waals surface area contributed by atoms with E-state index in [1.807, 2.05) is 29.6 Å². The molecule has 2 aromatic heterocycles. The molecular weight excluding hydrogens is 418 g/mol. The Bertz CT molecular complexity index is 1040. The average molecular weight is 442 g/mol. The van der Waals surface area contributed by atoms with Crippen LogP contribution in [-0.2, 0) is 20.7 Å². The fourth-order valence-electron chi connectivity index (χ4n) is 2.65. The molecule has 2 heterocycles. The molecule has 8 nitrogen and oxygen atoms in total. The summed E-state index contributed by atoms with van der Waals surface area (Å²) in [7, 11) is 0. The second-order valence-electron chi connectivity index (χ2n) is 6.83. The van der Waals surface area contributed by atoms with Gasteiger partial charge in [-0.05, 0) is 38.0 Å². The number of aryl methyl sites for hydroxylation is 1. The highest BCUT2D eigenvalue weighted by molar-refractivity contribution is 7.14. The minimum absolute atomic E-state index is 0.0781. The Kier molecular flexibility index (Phi) is 7.19. The van der Waals surface area contributed by atoms with Crippen molar-refractivity contribution in [3.8, 4) is 11.3 Å². The number of amides is 2. The second kappa shape index (κ2) is 10.0. The van der Waals surface area contributed by atoms with Crippen molar-refractivity contribution in [2.24, 2.45) is 0 Å². The molecule has 31 heavy (non-hydrogen) atoms. The Morgan fingerprint density at radius 2 is 1.90 bits per heavy atom. The van der Waals surface area contributed by atoms with Crippen LogP contribution in [0.2, 0.25) is 0 Å². The van der Waals surface area contributed by atoms with Gasteiger partial charge in [0, 0.05) is 10.9 Å². The second-order valence-corrected chi connectivity index (χ2v) is 7.69. The normalized spacial score (nSPS) is 12.6. The van der Waals surface area contributed by atoms with Crippen LogP contribution >= 0.6 is 11.3 Å². The zero-order valence-corrected chi connectivity index (χ0v) is 18.2. The summed E-state index contributed by atoms with van der Waals surface area (Å²) in [4.78, 5) is 40.9. The van der Waals surface area contributed by atoms with Gasteiger partial charge in [-0.2, -0.15) is 0 Å². The van der Waals surface area contributed by atoms with Crippen molar-refractivity contribution in [1.82, 2.24) is 10.3 Å². The predicted molar refractivity (Wildman–Crippen MR) is 117 cm³/mol. The monoisotopic (exact) mass is 441 g/mol. The first kappa shape index (κ1) is 22.2. The lowest BCUT2D eigenvalue weighted by Gasteiger charge is -2.16. The van der Waals surface area contributed by atoms with Gasteiger partial charge in [-0.1, -0.05) is 31.2 Å². The van der Waals surface area contributed by atoms with Gasteiger partial charge >= 0.3 is 5.97 Å². The maximum Gasteiger partial charge on any atom is 0.329 e. The molecule has 0 spiro atoms. The number of esters is 1. The third kappa shape index (κ3) is 5.79. The van der Waals surface area contributed by atoms with E-state index in [1.54, 1.807) is 6.07 Å². The predicted octanol–water partition coefficient (Wildman–Crippen LogP) is 3.65. The summed E-state index contributed by atoms with van der Waals surface area (Å²) in [6, 6.07) is 10.1. The molecule has 2 N–H and O–H groups in total. The standard InChI is InChI=1S/C22H23N3O5S/c1-4-15-7-9-16(10-8-15)17-12-31-22(24-17)25-19(26)14(3)30-21(28)13(2)23-20(27)18-6-5-11-29-18/h5-14H,4H2,1-3H3,(H,23,27)(H,24,25,26)/t13-,14-/m0/s1. The van der Waals surface area contributed by atoms with Gasteiger partial charge in [0.15, 0.2) is 17.0 Å². The Morgan fingerprint density at radius 3 is 2.55 bits per heavy atom. The smallest absolute Gasteiger partial charge is 0.329 e. The molecule has 162 valence electrons. The summed E-state index contributed by atoms with van der Waals surface area (Å²) in [6.07, 6.45) is 1.25. The van der Waals surface area contributed by atoms with E-state index in [1.165, 1.54) is 43.1 Å². The molecule has 0 radical (unpaired) electrons. The lowest BCUT2D eigenvalue weighted by Crippen LogP contribution is -2.42. The molecule has 1 aromatic carbocycles. The van der Waals surface area contributed by atoms with Crippen LogP contribution in [0.25, 0.3) is 11.3 Å². The maximum atomic E-state index is 12.4. The molecule has 0 bridgehead atoms. The molecule has 9 heteroatoms. The summed E-state index contributed by atoms with van der Waals surface area (Å²) >= 11 is 1.28. The molecule has 3 aromatic rings. The van der Waals surface area contributed by atoms with E-state index in [9.17, 15) is 14.4 Å². The van der Waals surface area contributed by atoms with Gasteiger partial charge in [-0.3, -0.25) is 14.9 Å². The van der Waals surface area contributed by atoms with Gasteiger partial charge in [0.1, 0.15) is 6.04 Å². The lowest BCUT2D eigenvalue weighted by atomic mass is 10.1. The number of furan rings is 1. The first-order valence-electron chi connectivity index (χ1n) is 9.78. The number of anilines is 1. The highest BCUT2D eigenvalue weighted by Crippen LogP contribution is 2.25. The number of carbonyl (C=O) groups excluding carboxylic acids is 3. The quantitative estimate of drug-likeness (QED) is 0.516.